The van der Waals surface area contributed by atoms with E-state index < -0.39 is 0 Å². The van der Waals surface area contributed by atoms with Crippen molar-refractivity contribution in [2.45, 2.75) is 38.6 Å². The molecule has 1 fully saturated rings. The summed E-state index contributed by atoms with van der Waals surface area (Å²) in [5.74, 6) is 1.61. The fourth-order valence-electron chi connectivity index (χ4n) is 3.02. The summed E-state index contributed by atoms with van der Waals surface area (Å²) in [5, 5.41) is 4.30. The molecule has 1 aromatic carbocycles. The van der Waals surface area contributed by atoms with Crippen molar-refractivity contribution >= 4 is 27.5 Å². The Morgan fingerprint density at radius 2 is 1.94 bits per heavy atom. The SMILES string of the molecule is CNC(c1cc(Cl)ccc1Br)C1CCC(C)CC1. The zero-order valence-electron chi connectivity index (χ0n) is 11.0. The van der Waals surface area contributed by atoms with Gasteiger partial charge in [0.1, 0.15) is 0 Å². The Balaban J connectivity index is 2.19. The number of nitrogens with one attached hydrogen (secondary N) is 1. The van der Waals surface area contributed by atoms with Crippen LogP contribution in [0.5, 0.6) is 0 Å². The molecule has 0 radical (unpaired) electrons. The van der Waals surface area contributed by atoms with Gasteiger partial charge in [-0.2, -0.15) is 0 Å². The molecule has 0 bridgehead atoms. The summed E-state index contributed by atoms with van der Waals surface area (Å²) in [4.78, 5) is 0. The summed E-state index contributed by atoms with van der Waals surface area (Å²) in [7, 11) is 2.05. The Hall–Kier alpha value is -0.0500. The summed E-state index contributed by atoms with van der Waals surface area (Å²) in [6, 6.07) is 6.48. The third kappa shape index (κ3) is 3.28. The van der Waals surface area contributed by atoms with E-state index in [4.69, 9.17) is 11.6 Å². The van der Waals surface area contributed by atoms with Crippen molar-refractivity contribution in [3.63, 3.8) is 0 Å². The molecule has 1 unspecified atom stereocenters. The van der Waals surface area contributed by atoms with Crippen molar-refractivity contribution in [1.29, 1.82) is 0 Å². The standard InChI is InChI=1S/C15H21BrClN/c1-10-3-5-11(6-4-10)15(18-2)13-9-12(17)7-8-14(13)16/h7-11,15,18H,3-6H2,1-2H3. The van der Waals surface area contributed by atoms with E-state index in [1.54, 1.807) is 0 Å². The number of hydrogen-bond acceptors (Lipinski definition) is 1. The minimum atomic E-state index is 0.408. The van der Waals surface area contributed by atoms with E-state index in [1.807, 2.05) is 12.1 Å². The van der Waals surface area contributed by atoms with Crippen LogP contribution >= 0.6 is 27.5 Å². The summed E-state index contributed by atoms with van der Waals surface area (Å²) in [6.45, 7) is 2.36. The van der Waals surface area contributed by atoms with E-state index in [9.17, 15) is 0 Å². The maximum atomic E-state index is 6.13. The van der Waals surface area contributed by atoms with E-state index in [2.05, 4.69) is 41.3 Å². The maximum absolute atomic E-state index is 6.13. The van der Waals surface area contributed by atoms with Gasteiger partial charge in [-0.1, -0.05) is 47.3 Å². The molecule has 0 aliphatic heterocycles. The highest BCUT2D eigenvalue weighted by molar-refractivity contribution is 9.10. The van der Waals surface area contributed by atoms with Crippen LogP contribution in [0.15, 0.2) is 22.7 Å². The Labute approximate surface area is 123 Å². The molecule has 3 heteroatoms. The van der Waals surface area contributed by atoms with E-state index in [0.29, 0.717) is 6.04 Å². The van der Waals surface area contributed by atoms with Crippen molar-refractivity contribution in [2.75, 3.05) is 7.05 Å². The number of halogens is 2. The average molecular weight is 331 g/mol. The highest BCUT2D eigenvalue weighted by atomic mass is 79.9. The van der Waals surface area contributed by atoms with Crippen molar-refractivity contribution in [2.24, 2.45) is 11.8 Å². The van der Waals surface area contributed by atoms with Crippen LogP contribution in [0.1, 0.15) is 44.2 Å². The fourth-order valence-corrected chi connectivity index (χ4v) is 3.69. The summed E-state index contributed by atoms with van der Waals surface area (Å²) in [5.41, 5.74) is 1.30. The molecule has 1 nitrogen and oxygen atoms in total. The van der Waals surface area contributed by atoms with Crippen LogP contribution in [0.3, 0.4) is 0 Å². The smallest absolute Gasteiger partial charge is 0.0410 e. The molecular weight excluding hydrogens is 310 g/mol. The average Bonchev–Trinajstić information content (AvgIpc) is 2.37. The molecule has 1 atom stereocenters. The second-order valence-corrected chi connectivity index (χ2v) is 6.74. The van der Waals surface area contributed by atoms with Crippen molar-refractivity contribution in [1.82, 2.24) is 5.32 Å². The lowest BCUT2D eigenvalue weighted by Gasteiger charge is -2.33. The molecule has 1 N–H and O–H groups in total. The molecular formula is C15H21BrClN. The molecule has 1 aliphatic rings. The Bertz CT molecular complexity index is 399. The first-order valence-electron chi connectivity index (χ1n) is 6.74. The maximum Gasteiger partial charge on any atom is 0.0410 e. The largest absolute Gasteiger partial charge is 0.313 e. The molecule has 100 valence electrons. The van der Waals surface area contributed by atoms with Gasteiger partial charge in [0.05, 0.1) is 0 Å². The lowest BCUT2D eigenvalue weighted by atomic mass is 9.77. The van der Waals surface area contributed by atoms with Gasteiger partial charge < -0.3 is 5.32 Å². The minimum absolute atomic E-state index is 0.408. The Morgan fingerprint density at radius 3 is 2.56 bits per heavy atom. The summed E-state index contributed by atoms with van der Waals surface area (Å²) >= 11 is 9.78. The number of benzene rings is 1. The second-order valence-electron chi connectivity index (χ2n) is 5.45. The predicted octanol–water partition coefficient (Wildman–Crippen LogP) is 5.19. The first kappa shape index (κ1) is 14.4. The predicted molar refractivity (Wildman–Crippen MR) is 82.1 cm³/mol. The number of rotatable bonds is 3. The van der Waals surface area contributed by atoms with E-state index >= 15 is 0 Å². The molecule has 0 amide bonds. The molecule has 0 heterocycles. The molecule has 0 spiro atoms. The van der Waals surface area contributed by atoms with Gasteiger partial charge in [0.25, 0.3) is 0 Å². The van der Waals surface area contributed by atoms with Crippen molar-refractivity contribution < 1.29 is 0 Å². The van der Waals surface area contributed by atoms with Crippen LogP contribution in [0.2, 0.25) is 5.02 Å². The third-order valence-corrected chi connectivity index (χ3v) is 5.09. The molecule has 0 saturated heterocycles. The van der Waals surface area contributed by atoms with Crippen LogP contribution in [-0.4, -0.2) is 7.05 Å². The quantitative estimate of drug-likeness (QED) is 0.804. The molecule has 18 heavy (non-hydrogen) atoms. The third-order valence-electron chi connectivity index (χ3n) is 4.14. The van der Waals surface area contributed by atoms with Gasteiger partial charge in [-0.25, -0.2) is 0 Å². The van der Waals surface area contributed by atoms with Crippen LogP contribution in [-0.2, 0) is 0 Å². The van der Waals surface area contributed by atoms with E-state index in [0.717, 1.165) is 21.3 Å². The second kappa shape index (κ2) is 6.40. The van der Waals surface area contributed by atoms with Crippen molar-refractivity contribution in [3.05, 3.63) is 33.3 Å². The molecule has 0 aromatic heterocycles. The van der Waals surface area contributed by atoms with Gasteiger partial charge in [0.2, 0.25) is 0 Å². The van der Waals surface area contributed by atoms with Gasteiger partial charge in [0.15, 0.2) is 0 Å². The molecule has 1 aromatic rings. The lowest BCUT2D eigenvalue weighted by Crippen LogP contribution is -2.28. The molecule has 2 rings (SSSR count). The van der Waals surface area contributed by atoms with Crippen LogP contribution in [0.25, 0.3) is 0 Å². The van der Waals surface area contributed by atoms with Crippen LogP contribution in [0.4, 0.5) is 0 Å². The zero-order valence-corrected chi connectivity index (χ0v) is 13.4. The fraction of sp³-hybridized carbons (Fsp3) is 0.600. The van der Waals surface area contributed by atoms with Gasteiger partial charge in [-0.15, -0.1) is 0 Å². The number of hydrogen-bond donors (Lipinski definition) is 1. The van der Waals surface area contributed by atoms with Gasteiger partial charge in [-0.3, -0.25) is 0 Å². The summed E-state index contributed by atoms with van der Waals surface area (Å²) < 4.78 is 1.16. The van der Waals surface area contributed by atoms with Gasteiger partial charge in [-0.05, 0) is 55.5 Å². The normalized spacial score (nSPS) is 26.0. The van der Waals surface area contributed by atoms with Gasteiger partial charge >= 0.3 is 0 Å². The monoisotopic (exact) mass is 329 g/mol. The van der Waals surface area contributed by atoms with Crippen LogP contribution in [0, 0.1) is 11.8 Å². The molecule has 1 aliphatic carbocycles. The van der Waals surface area contributed by atoms with Crippen LogP contribution < -0.4 is 5.32 Å². The summed E-state index contributed by atoms with van der Waals surface area (Å²) in [6.07, 6.45) is 5.32. The highest BCUT2D eigenvalue weighted by Crippen LogP contribution is 2.39. The highest BCUT2D eigenvalue weighted by Gasteiger charge is 2.27. The topological polar surface area (TPSA) is 12.0 Å². The van der Waals surface area contributed by atoms with E-state index in [-0.39, 0.29) is 0 Å². The van der Waals surface area contributed by atoms with Crippen molar-refractivity contribution in [3.8, 4) is 0 Å². The Morgan fingerprint density at radius 1 is 1.28 bits per heavy atom. The molecule has 1 saturated carbocycles. The lowest BCUT2D eigenvalue weighted by molar-refractivity contribution is 0.237. The minimum Gasteiger partial charge on any atom is -0.313 e. The zero-order chi connectivity index (χ0) is 13.1. The van der Waals surface area contributed by atoms with E-state index in [1.165, 1.54) is 31.2 Å². The first-order valence-corrected chi connectivity index (χ1v) is 7.91. The first-order chi connectivity index (χ1) is 8.61. The van der Waals surface area contributed by atoms with Gasteiger partial charge in [0, 0.05) is 15.5 Å². The Kier molecular flexibility index (Phi) is 5.11.